The zero-order valence-corrected chi connectivity index (χ0v) is 11.3. The maximum atomic E-state index is 10.1. The first-order valence-electron chi connectivity index (χ1n) is 6.66. The molecule has 1 heterocycles. The Morgan fingerprint density at radius 1 is 1.44 bits per heavy atom. The van der Waals surface area contributed by atoms with Gasteiger partial charge < -0.3 is 15.1 Å². The third kappa shape index (κ3) is 3.55. The highest BCUT2D eigenvalue weighted by atomic mass is 16.3. The number of β-amino-alcohol motifs (C(OH)–C–C–N with tert-alkyl or cyclic N) is 1. The van der Waals surface area contributed by atoms with Gasteiger partial charge in [0, 0.05) is 19.6 Å². The Kier molecular flexibility index (Phi) is 4.05. The molecule has 2 N–H and O–H groups in total. The van der Waals surface area contributed by atoms with Crippen LogP contribution in [-0.4, -0.2) is 40.3 Å². The second kappa shape index (κ2) is 5.39. The van der Waals surface area contributed by atoms with Crippen LogP contribution >= 0.6 is 0 Å². The van der Waals surface area contributed by atoms with Crippen LogP contribution in [0.1, 0.15) is 37.0 Å². The summed E-state index contributed by atoms with van der Waals surface area (Å²) in [7, 11) is 0. The van der Waals surface area contributed by atoms with E-state index in [9.17, 15) is 10.2 Å². The van der Waals surface area contributed by atoms with Crippen molar-refractivity contribution in [2.24, 2.45) is 0 Å². The number of aliphatic hydroxyl groups is 2. The molecule has 0 aromatic heterocycles. The maximum Gasteiger partial charge on any atom is 0.0802 e. The molecule has 1 aliphatic heterocycles. The summed E-state index contributed by atoms with van der Waals surface area (Å²) in [5, 5.41) is 20.0. The maximum absolute atomic E-state index is 10.1. The summed E-state index contributed by atoms with van der Waals surface area (Å²) < 4.78 is 0. The number of aliphatic hydroxyl groups excluding tert-OH is 1. The molecule has 0 spiro atoms. The third-order valence-electron chi connectivity index (χ3n) is 3.68. The quantitative estimate of drug-likeness (QED) is 0.856. The zero-order valence-electron chi connectivity index (χ0n) is 11.3. The van der Waals surface area contributed by atoms with Crippen molar-refractivity contribution >= 4 is 0 Å². The monoisotopic (exact) mass is 249 g/mol. The summed E-state index contributed by atoms with van der Waals surface area (Å²) >= 11 is 0. The lowest BCUT2D eigenvalue weighted by Gasteiger charge is -2.20. The van der Waals surface area contributed by atoms with Crippen molar-refractivity contribution < 1.29 is 10.2 Å². The number of aryl methyl sites for hydroxylation is 1. The Morgan fingerprint density at radius 3 is 2.83 bits per heavy atom. The van der Waals surface area contributed by atoms with Crippen LogP contribution in [0.3, 0.4) is 0 Å². The van der Waals surface area contributed by atoms with Crippen molar-refractivity contribution in [2.75, 3.05) is 19.6 Å². The Bertz CT molecular complexity index is 403. The van der Waals surface area contributed by atoms with Crippen LogP contribution in [0.25, 0.3) is 0 Å². The first-order chi connectivity index (χ1) is 8.46. The molecular formula is C15H23NO2. The Morgan fingerprint density at radius 2 is 2.22 bits per heavy atom. The van der Waals surface area contributed by atoms with Gasteiger partial charge in [-0.25, -0.2) is 0 Å². The van der Waals surface area contributed by atoms with E-state index >= 15 is 0 Å². The standard InChI is InChI=1S/C15H23NO2/c1-12-4-3-5-13(10-12)14(17)6-8-16-9-7-15(2,18)11-16/h3-5,10,14,17-18H,6-9,11H2,1-2H3. The van der Waals surface area contributed by atoms with Gasteiger partial charge in [-0.2, -0.15) is 0 Å². The highest BCUT2D eigenvalue weighted by Crippen LogP contribution is 2.23. The fraction of sp³-hybridized carbons (Fsp3) is 0.600. The van der Waals surface area contributed by atoms with Gasteiger partial charge in [-0.3, -0.25) is 0 Å². The molecular weight excluding hydrogens is 226 g/mol. The van der Waals surface area contributed by atoms with E-state index in [1.165, 1.54) is 5.56 Å². The summed E-state index contributed by atoms with van der Waals surface area (Å²) in [4.78, 5) is 2.22. The number of rotatable bonds is 4. The van der Waals surface area contributed by atoms with Gasteiger partial charge in [0.1, 0.15) is 0 Å². The van der Waals surface area contributed by atoms with E-state index in [4.69, 9.17) is 0 Å². The second-order valence-corrected chi connectivity index (χ2v) is 5.74. The average molecular weight is 249 g/mol. The van der Waals surface area contributed by atoms with Gasteiger partial charge in [-0.05, 0) is 32.3 Å². The fourth-order valence-corrected chi connectivity index (χ4v) is 2.58. The first kappa shape index (κ1) is 13.5. The minimum absolute atomic E-state index is 0.407. The molecule has 1 aromatic carbocycles. The van der Waals surface area contributed by atoms with Crippen molar-refractivity contribution in [3.8, 4) is 0 Å². The van der Waals surface area contributed by atoms with Crippen LogP contribution in [0.4, 0.5) is 0 Å². The lowest BCUT2D eigenvalue weighted by atomic mass is 10.0. The van der Waals surface area contributed by atoms with E-state index in [-0.39, 0.29) is 0 Å². The van der Waals surface area contributed by atoms with E-state index < -0.39 is 11.7 Å². The van der Waals surface area contributed by atoms with Gasteiger partial charge in [0.15, 0.2) is 0 Å². The SMILES string of the molecule is Cc1cccc(C(O)CCN2CCC(C)(O)C2)c1. The molecule has 0 aliphatic carbocycles. The molecule has 3 heteroatoms. The molecule has 18 heavy (non-hydrogen) atoms. The molecule has 0 bridgehead atoms. The number of benzene rings is 1. The number of hydrogen-bond donors (Lipinski definition) is 2. The van der Waals surface area contributed by atoms with Crippen LogP contribution in [0.15, 0.2) is 24.3 Å². The summed E-state index contributed by atoms with van der Waals surface area (Å²) in [6.07, 6.45) is 1.14. The van der Waals surface area contributed by atoms with E-state index in [2.05, 4.69) is 4.90 Å². The van der Waals surface area contributed by atoms with Gasteiger partial charge in [-0.15, -0.1) is 0 Å². The van der Waals surface area contributed by atoms with E-state index in [1.54, 1.807) is 0 Å². The van der Waals surface area contributed by atoms with E-state index in [0.717, 1.165) is 31.5 Å². The van der Waals surface area contributed by atoms with Gasteiger partial charge in [0.2, 0.25) is 0 Å². The molecule has 1 fully saturated rings. The molecule has 0 radical (unpaired) electrons. The molecule has 2 unspecified atom stereocenters. The topological polar surface area (TPSA) is 43.7 Å². The van der Waals surface area contributed by atoms with Crippen LogP contribution in [-0.2, 0) is 0 Å². The predicted octanol–water partition coefficient (Wildman–Crippen LogP) is 1.88. The minimum Gasteiger partial charge on any atom is -0.389 e. The minimum atomic E-state index is -0.547. The molecule has 100 valence electrons. The smallest absolute Gasteiger partial charge is 0.0802 e. The first-order valence-corrected chi connectivity index (χ1v) is 6.66. The molecule has 2 atom stereocenters. The van der Waals surface area contributed by atoms with Crippen molar-refractivity contribution in [1.82, 2.24) is 4.90 Å². The number of nitrogens with zero attached hydrogens (tertiary/aromatic N) is 1. The van der Waals surface area contributed by atoms with Crippen molar-refractivity contribution in [3.05, 3.63) is 35.4 Å². The molecule has 0 saturated carbocycles. The van der Waals surface area contributed by atoms with Crippen molar-refractivity contribution in [1.29, 1.82) is 0 Å². The summed E-state index contributed by atoms with van der Waals surface area (Å²) in [6, 6.07) is 8.02. The largest absolute Gasteiger partial charge is 0.389 e. The van der Waals surface area contributed by atoms with Crippen molar-refractivity contribution in [2.45, 2.75) is 38.4 Å². The number of hydrogen-bond acceptors (Lipinski definition) is 3. The zero-order chi connectivity index (χ0) is 13.2. The lowest BCUT2D eigenvalue weighted by Crippen LogP contribution is -2.30. The third-order valence-corrected chi connectivity index (χ3v) is 3.68. The molecule has 1 aromatic rings. The molecule has 2 rings (SSSR count). The van der Waals surface area contributed by atoms with Gasteiger partial charge in [-0.1, -0.05) is 29.8 Å². The van der Waals surface area contributed by atoms with E-state index in [0.29, 0.717) is 6.54 Å². The summed E-state index contributed by atoms with van der Waals surface area (Å²) in [5.41, 5.74) is 1.62. The molecule has 1 saturated heterocycles. The van der Waals surface area contributed by atoms with Crippen LogP contribution in [0, 0.1) is 6.92 Å². The van der Waals surface area contributed by atoms with Crippen LogP contribution in [0.2, 0.25) is 0 Å². The highest BCUT2D eigenvalue weighted by molar-refractivity contribution is 5.23. The Hall–Kier alpha value is -0.900. The molecule has 1 aliphatic rings. The van der Waals surface area contributed by atoms with Gasteiger partial charge in [0.05, 0.1) is 11.7 Å². The van der Waals surface area contributed by atoms with E-state index in [1.807, 2.05) is 38.1 Å². The Balaban J connectivity index is 1.84. The van der Waals surface area contributed by atoms with Gasteiger partial charge in [0.25, 0.3) is 0 Å². The fourth-order valence-electron chi connectivity index (χ4n) is 2.58. The molecule has 3 nitrogen and oxygen atoms in total. The number of likely N-dealkylation sites (tertiary alicyclic amines) is 1. The van der Waals surface area contributed by atoms with Crippen molar-refractivity contribution in [3.63, 3.8) is 0 Å². The predicted molar refractivity (Wildman–Crippen MR) is 72.4 cm³/mol. The summed E-state index contributed by atoms with van der Waals surface area (Å²) in [6.45, 7) is 6.39. The lowest BCUT2D eigenvalue weighted by molar-refractivity contribution is 0.0655. The average Bonchev–Trinajstić information content (AvgIpc) is 2.66. The normalized spacial score (nSPS) is 26.4. The second-order valence-electron chi connectivity index (χ2n) is 5.74. The summed E-state index contributed by atoms with van der Waals surface area (Å²) in [5.74, 6) is 0. The molecule has 0 amide bonds. The van der Waals surface area contributed by atoms with Crippen LogP contribution in [0.5, 0.6) is 0 Å². The Labute approximate surface area is 109 Å². The van der Waals surface area contributed by atoms with Gasteiger partial charge >= 0.3 is 0 Å². The highest BCUT2D eigenvalue weighted by Gasteiger charge is 2.31. The van der Waals surface area contributed by atoms with Crippen LogP contribution < -0.4 is 0 Å².